The van der Waals surface area contributed by atoms with E-state index in [1.807, 2.05) is 6.07 Å². The van der Waals surface area contributed by atoms with Crippen molar-refractivity contribution in [2.24, 2.45) is 0 Å². The van der Waals surface area contributed by atoms with Crippen molar-refractivity contribution in [1.29, 1.82) is 0 Å². The molecule has 1 atom stereocenters. The van der Waals surface area contributed by atoms with E-state index in [2.05, 4.69) is 34.0 Å². The molecule has 0 aliphatic heterocycles. The molecule has 0 spiro atoms. The first-order chi connectivity index (χ1) is 7.63. The lowest BCUT2D eigenvalue weighted by Gasteiger charge is -2.33. The number of aliphatic hydroxyl groups is 1. The highest BCUT2D eigenvalue weighted by Gasteiger charge is 2.31. The fourth-order valence-corrected chi connectivity index (χ4v) is 2.74. The van der Waals surface area contributed by atoms with Gasteiger partial charge in [0.15, 0.2) is 0 Å². The Morgan fingerprint density at radius 2 is 2.25 bits per heavy atom. The first kappa shape index (κ1) is 11.7. The highest BCUT2D eigenvalue weighted by molar-refractivity contribution is 9.10. The van der Waals surface area contributed by atoms with Gasteiger partial charge in [0, 0.05) is 17.3 Å². The van der Waals surface area contributed by atoms with Gasteiger partial charge < -0.3 is 5.11 Å². The molecule has 16 heavy (non-hydrogen) atoms. The smallest absolute Gasteiger partial charge is 0.0700 e. The average Bonchev–Trinajstić information content (AvgIpc) is 2.27. The lowest BCUT2D eigenvalue weighted by Crippen LogP contribution is -2.35. The summed E-state index contributed by atoms with van der Waals surface area (Å²) in [5.74, 6) is 2.61. The molecule has 0 aromatic heterocycles. The van der Waals surface area contributed by atoms with Gasteiger partial charge in [0.05, 0.1) is 5.60 Å². The SMILES string of the molecule is C#CCCC1(O)CCc2cc(Br)ccc2C1. The second-order valence-corrected chi connectivity index (χ2v) is 5.43. The van der Waals surface area contributed by atoms with Gasteiger partial charge in [-0.1, -0.05) is 22.0 Å². The first-order valence-corrected chi connectivity index (χ1v) is 6.35. The predicted molar refractivity (Wildman–Crippen MR) is 69.2 cm³/mol. The van der Waals surface area contributed by atoms with Crippen molar-refractivity contribution in [3.63, 3.8) is 0 Å². The fourth-order valence-electron chi connectivity index (χ4n) is 2.33. The van der Waals surface area contributed by atoms with Crippen LogP contribution >= 0.6 is 15.9 Å². The van der Waals surface area contributed by atoms with Crippen molar-refractivity contribution >= 4 is 15.9 Å². The van der Waals surface area contributed by atoms with Crippen LogP contribution in [0.5, 0.6) is 0 Å². The van der Waals surface area contributed by atoms with Crippen molar-refractivity contribution < 1.29 is 5.11 Å². The minimum absolute atomic E-state index is 0.590. The summed E-state index contributed by atoms with van der Waals surface area (Å²) in [6.45, 7) is 0. The Hall–Kier alpha value is -0.780. The Balaban J connectivity index is 2.17. The highest BCUT2D eigenvalue weighted by Crippen LogP contribution is 2.33. The van der Waals surface area contributed by atoms with Gasteiger partial charge in [-0.3, -0.25) is 0 Å². The predicted octanol–water partition coefficient (Wildman–Crippen LogP) is 3.08. The third-order valence-corrected chi connectivity index (χ3v) is 3.78. The van der Waals surface area contributed by atoms with Crippen LogP contribution in [0, 0.1) is 12.3 Å². The topological polar surface area (TPSA) is 20.2 Å². The van der Waals surface area contributed by atoms with E-state index in [1.54, 1.807) is 0 Å². The van der Waals surface area contributed by atoms with E-state index in [4.69, 9.17) is 6.42 Å². The zero-order chi connectivity index (χ0) is 11.6. The third-order valence-electron chi connectivity index (χ3n) is 3.28. The van der Waals surface area contributed by atoms with Crippen molar-refractivity contribution in [2.75, 3.05) is 0 Å². The molecule has 0 bridgehead atoms. The standard InChI is InChI=1S/C14H15BrO/c1-2-3-7-14(16)8-6-11-9-13(15)5-4-12(11)10-14/h1,4-5,9,16H,3,6-8,10H2. The van der Waals surface area contributed by atoms with Gasteiger partial charge in [-0.25, -0.2) is 0 Å². The molecule has 0 heterocycles. The number of rotatable bonds is 2. The van der Waals surface area contributed by atoms with Gasteiger partial charge in [0.25, 0.3) is 0 Å². The minimum atomic E-state index is -0.590. The Kier molecular flexibility index (Phi) is 3.37. The van der Waals surface area contributed by atoms with Crippen LogP contribution < -0.4 is 0 Å². The van der Waals surface area contributed by atoms with E-state index in [0.717, 1.165) is 23.7 Å². The van der Waals surface area contributed by atoms with E-state index in [1.165, 1.54) is 11.1 Å². The summed E-state index contributed by atoms with van der Waals surface area (Å²) in [6.07, 6.45) is 9.11. The molecule has 0 saturated heterocycles. The summed E-state index contributed by atoms with van der Waals surface area (Å²) in [7, 11) is 0. The largest absolute Gasteiger partial charge is 0.389 e. The molecule has 84 valence electrons. The molecular formula is C14H15BrO. The lowest BCUT2D eigenvalue weighted by atomic mass is 9.78. The Morgan fingerprint density at radius 3 is 3.00 bits per heavy atom. The van der Waals surface area contributed by atoms with E-state index < -0.39 is 5.60 Å². The van der Waals surface area contributed by atoms with Gasteiger partial charge in [0.1, 0.15) is 0 Å². The van der Waals surface area contributed by atoms with E-state index in [9.17, 15) is 5.11 Å². The molecule has 1 nitrogen and oxygen atoms in total. The van der Waals surface area contributed by atoms with Crippen molar-refractivity contribution in [3.05, 3.63) is 33.8 Å². The van der Waals surface area contributed by atoms with Crippen LogP contribution in [-0.4, -0.2) is 10.7 Å². The van der Waals surface area contributed by atoms with Crippen molar-refractivity contribution in [2.45, 2.75) is 37.7 Å². The number of halogens is 1. The summed E-state index contributed by atoms with van der Waals surface area (Å²) in [6, 6.07) is 6.28. The summed E-state index contributed by atoms with van der Waals surface area (Å²) < 4.78 is 1.11. The molecule has 1 aromatic carbocycles. The van der Waals surface area contributed by atoms with E-state index >= 15 is 0 Å². The molecule has 0 amide bonds. The van der Waals surface area contributed by atoms with Gasteiger partial charge >= 0.3 is 0 Å². The molecule has 1 unspecified atom stereocenters. The highest BCUT2D eigenvalue weighted by atomic mass is 79.9. The van der Waals surface area contributed by atoms with Gasteiger partial charge in [0.2, 0.25) is 0 Å². The maximum Gasteiger partial charge on any atom is 0.0700 e. The van der Waals surface area contributed by atoms with Crippen LogP contribution in [0.25, 0.3) is 0 Å². The number of aryl methyl sites for hydroxylation is 1. The van der Waals surface area contributed by atoms with Crippen LogP contribution in [0.3, 0.4) is 0 Å². The number of benzene rings is 1. The number of hydrogen-bond acceptors (Lipinski definition) is 1. The zero-order valence-electron chi connectivity index (χ0n) is 9.17. The maximum atomic E-state index is 10.4. The van der Waals surface area contributed by atoms with Gasteiger partial charge in [-0.15, -0.1) is 12.3 Å². The van der Waals surface area contributed by atoms with Crippen molar-refractivity contribution in [3.8, 4) is 12.3 Å². The average molecular weight is 279 g/mol. The van der Waals surface area contributed by atoms with E-state index in [-0.39, 0.29) is 0 Å². The normalized spacial score (nSPS) is 23.6. The molecule has 1 aliphatic carbocycles. The van der Waals surface area contributed by atoms with Crippen LogP contribution in [0.15, 0.2) is 22.7 Å². The molecule has 1 N–H and O–H groups in total. The van der Waals surface area contributed by atoms with Gasteiger partial charge in [-0.05, 0) is 42.5 Å². The Labute approximate surface area is 105 Å². The third kappa shape index (κ3) is 2.48. The number of hydrogen-bond donors (Lipinski definition) is 1. The quantitative estimate of drug-likeness (QED) is 0.825. The number of terminal acetylenes is 1. The molecule has 2 heteroatoms. The summed E-state index contributed by atoms with van der Waals surface area (Å²) in [4.78, 5) is 0. The summed E-state index contributed by atoms with van der Waals surface area (Å²) in [5.41, 5.74) is 2.02. The minimum Gasteiger partial charge on any atom is -0.389 e. The van der Waals surface area contributed by atoms with Crippen LogP contribution in [0.1, 0.15) is 30.4 Å². The fraction of sp³-hybridized carbons (Fsp3) is 0.429. The molecule has 1 aromatic rings. The van der Waals surface area contributed by atoms with Crippen molar-refractivity contribution in [1.82, 2.24) is 0 Å². The molecule has 0 saturated carbocycles. The molecule has 0 radical (unpaired) electrons. The second-order valence-electron chi connectivity index (χ2n) is 4.52. The molecular weight excluding hydrogens is 264 g/mol. The first-order valence-electron chi connectivity index (χ1n) is 5.56. The monoisotopic (exact) mass is 278 g/mol. The van der Waals surface area contributed by atoms with Crippen LogP contribution in [0.4, 0.5) is 0 Å². The lowest BCUT2D eigenvalue weighted by molar-refractivity contribution is 0.0193. The second kappa shape index (κ2) is 4.61. The van der Waals surface area contributed by atoms with Crippen LogP contribution in [0.2, 0.25) is 0 Å². The Morgan fingerprint density at radius 1 is 1.44 bits per heavy atom. The molecule has 2 rings (SSSR count). The van der Waals surface area contributed by atoms with E-state index in [0.29, 0.717) is 12.8 Å². The number of fused-ring (bicyclic) bond motifs is 1. The maximum absolute atomic E-state index is 10.4. The molecule has 1 aliphatic rings. The molecule has 0 fully saturated rings. The Bertz CT molecular complexity index is 433. The van der Waals surface area contributed by atoms with Crippen LogP contribution in [-0.2, 0) is 12.8 Å². The van der Waals surface area contributed by atoms with Gasteiger partial charge in [-0.2, -0.15) is 0 Å². The zero-order valence-corrected chi connectivity index (χ0v) is 10.8. The summed E-state index contributed by atoms with van der Waals surface area (Å²) in [5, 5.41) is 10.4. The summed E-state index contributed by atoms with van der Waals surface area (Å²) >= 11 is 3.47.